The predicted octanol–water partition coefficient (Wildman–Crippen LogP) is 3.61. The summed E-state index contributed by atoms with van der Waals surface area (Å²) in [5.74, 6) is 3.01. The zero-order valence-electron chi connectivity index (χ0n) is 16.0. The summed E-state index contributed by atoms with van der Waals surface area (Å²) < 4.78 is 5.82. The molecule has 1 aliphatic rings. The zero-order chi connectivity index (χ0) is 20.1. The van der Waals surface area contributed by atoms with Crippen LogP contribution in [0.4, 0.5) is 11.5 Å². The number of pyridine rings is 1. The Balaban J connectivity index is 1.48. The van der Waals surface area contributed by atoms with Gasteiger partial charge in [0.2, 0.25) is 0 Å². The molecule has 7 nitrogen and oxygen atoms in total. The molecule has 3 aromatic rings. The average Bonchev–Trinajstić information content (AvgIpc) is 2.76. The second-order valence-electron chi connectivity index (χ2n) is 6.51. The van der Waals surface area contributed by atoms with E-state index in [1.807, 2.05) is 85.9 Å². The highest BCUT2D eigenvalue weighted by Gasteiger charge is 2.28. The van der Waals surface area contributed by atoms with Crippen molar-refractivity contribution in [3.63, 3.8) is 0 Å². The van der Waals surface area contributed by atoms with Gasteiger partial charge in [0.05, 0.1) is 12.0 Å². The minimum absolute atomic E-state index is 0.646. The third kappa shape index (κ3) is 4.36. The van der Waals surface area contributed by atoms with Crippen LogP contribution in [0, 0.1) is 0 Å². The van der Waals surface area contributed by atoms with E-state index < -0.39 is 5.66 Å². The Kier molecular flexibility index (Phi) is 5.13. The molecule has 0 aliphatic carbocycles. The van der Waals surface area contributed by atoms with E-state index in [2.05, 4.69) is 25.9 Å². The normalized spacial score (nSPS) is 17.8. The van der Waals surface area contributed by atoms with Crippen molar-refractivity contribution < 1.29 is 4.74 Å². The molecule has 2 aromatic carbocycles. The summed E-state index contributed by atoms with van der Waals surface area (Å²) in [6.45, 7) is 0. The topological polar surface area (TPSA) is 96.6 Å². The number of aromatic nitrogens is 1. The number of ether oxygens (including phenoxy) is 1. The summed E-state index contributed by atoms with van der Waals surface area (Å²) in [5, 5.41) is 9.40. The van der Waals surface area contributed by atoms with E-state index in [-0.39, 0.29) is 0 Å². The third-order valence-electron chi connectivity index (χ3n) is 4.39. The van der Waals surface area contributed by atoms with Crippen molar-refractivity contribution in [2.45, 2.75) is 5.66 Å². The van der Waals surface area contributed by atoms with Gasteiger partial charge in [-0.05, 0) is 48.5 Å². The first-order valence-corrected chi connectivity index (χ1v) is 9.22. The molecule has 146 valence electrons. The number of nitrogens with zero attached hydrogens (tertiary/aromatic N) is 2. The van der Waals surface area contributed by atoms with Gasteiger partial charge in [-0.15, -0.1) is 0 Å². The van der Waals surface area contributed by atoms with Crippen LogP contribution in [0.2, 0.25) is 0 Å². The molecule has 29 heavy (non-hydrogen) atoms. The fourth-order valence-electron chi connectivity index (χ4n) is 2.90. The lowest BCUT2D eigenvalue weighted by Gasteiger charge is -2.26. The van der Waals surface area contributed by atoms with Gasteiger partial charge < -0.3 is 20.7 Å². The average molecular weight is 386 g/mol. The second-order valence-corrected chi connectivity index (χ2v) is 6.51. The number of para-hydroxylation sites is 1. The highest BCUT2D eigenvalue weighted by molar-refractivity contribution is 5.64. The minimum atomic E-state index is -1.06. The lowest BCUT2D eigenvalue weighted by Crippen LogP contribution is -2.40. The summed E-state index contributed by atoms with van der Waals surface area (Å²) >= 11 is 0. The lowest BCUT2D eigenvalue weighted by atomic mass is 10.1. The van der Waals surface area contributed by atoms with Gasteiger partial charge in [-0.2, -0.15) is 0 Å². The van der Waals surface area contributed by atoms with Crippen molar-refractivity contribution in [3.05, 3.63) is 90.4 Å². The fourth-order valence-corrected chi connectivity index (χ4v) is 2.90. The summed E-state index contributed by atoms with van der Waals surface area (Å²) in [4.78, 5) is 8.89. The van der Waals surface area contributed by atoms with E-state index in [1.165, 1.54) is 0 Å². The maximum Gasteiger partial charge on any atom is 0.175 e. The highest BCUT2D eigenvalue weighted by atomic mass is 16.5. The Morgan fingerprint density at radius 3 is 2.45 bits per heavy atom. The first-order chi connectivity index (χ1) is 14.1. The first kappa shape index (κ1) is 18.5. The van der Waals surface area contributed by atoms with E-state index in [9.17, 15) is 0 Å². The molecule has 5 N–H and O–H groups in total. The maximum atomic E-state index is 6.49. The van der Waals surface area contributed by atoms with Crippen molar-refractivity contribution in [1.82, 2.24) is 10.3 Å². The summed E-state index contributed by atoms with van der Waals surface area (Å²) in [5.41, 5.74) is 6.97. The molecule has 1 aromatic heterocycles. The lowest BCUT2D eigenvalue weighted by molar-refractivity contribution is 0.483. The van der Waals surface area contributed by atoms with Crippen LogP contribution in [0.15, 0.2) is 89.7 Å². The second kappa shape index (κ2) is 8.04. The Bertz CT molecular complexity index is 1030. The Hall–Kier alpha value is -3.84. The van der Waals surface area contributed by atoms with E-state index in [4.69, 9.17) is 10.5 Å². The fraction of sp³-hybridized carbons (Fsp3) is 0.0909. The molecule has 0 amide bonds. The molecule has 0 spiro atoms. The molecule has 0 saturated carbocycles. The molecule has 0 fully saturated rings. The maximum absolute atomic E-state index is 6.49. The van der Waals surface area contributed by atoms with Gasteiger partial charge in [-0.3, -0.25) is 5.73 Å². The van der Waals surface area contributed by atoms with Crippen LogP contribution >= 0.6 is 0 Å². The molecule has 1 atom stereocenters. The molecule has 0 radical (unpaired) electrons. The SMILES string of the molecule is CNc1cccc(C2(N)C=C(Nc3ccc(Oc4ccccc4)cc3)NC=N2)n1. The number of hydrogen-bond acceptors (Lipinski definition) is 7. The molecular weight excluding hydrogens is 364 g/mol. The van der Waals surface area contributed by atoms with Crippen LogP contribution in [0.25, 0.3) is 0 Å². The summed E-state index contributed by atoms with van der Waals surface area (Å²) in [6.07, 6.45) is 3.38. The quantitative estimate of drug-likeness (QED) is 0.517. The van der Waals surface area contributed by atoms with Crippen molar-refractivity contribution in [1.29, 1.82) is 0 Å². The summed E-state index contributed by atoms with van der Waals surface area (Å²) in [7, 11) is 1.81. The number of anilines is 2. The largest absolute Gasteiger partial charge is 0.457 e. The van der Waals surface area contributed by atoms with Crippen LogP contribution in [0.3, 0.4) is 0 Å². The van der Waals surface area contributed by atoms with Gasteiger partial charge in [-0.25, -0.2) is 9.98 Å². The van der Waals surface area contributed by atoms with E-state index in [0.717, 1.165) is 28.8 Å². The van der Waals surface area contributed by atoms with Crippen LogP contribution in [-0.4, -0.2) is 18.4 Å². The Morgan fingerprint density at radius 1 is 0.931 bits per heavy atom. The van der Waals surface area contributed by atoms with E-state index in [1.54, 1.807) is 6.34 Å². The Morgan fingerprint density at radius 2 is 1.69 bits per heavy atom. The predicted molar refractivity (Wildman–Crippen MR) is 116 cm³/mol. The van der Waals surface area contributed by atoms with Gasteiger partial charge in [0.1, 0.15) is 23.1 Å². The molecule has 7 heteroatoms. The van der Waals surface area contributed by atoms with Crippen LogP contribution in [0.5, 0.6) is 11.5 Å². The molecule has 0 saturated heterocycles. The van der Waals surface area contributed by atoms with Crippen molar-refractivity contribution in [2.75, 3.05) is 17.7 Å². The number of rotatable bonds is 6. The standard InChI is InChI=1S/C22H22N6O/c1-24-20-9-5-8-19(28-20)22(23)14-21(25-15-26-22)27-16-10-12-18(13-11-16)29-17-6-3-2-4-7-17/h2-15,27H,23H2,1H3,(H,24,28)(H,25,26). The van der Waals surface area contributed by atoms with Gasteiger partial charge in [0.25, 0.3) is 0 Å². The first-order valence-electron chi connectivity index (χ1n) is 9.22. The molecular formula is C22H22N6O. The third-order valence-corrected chi connectivity index (χ3v) is 4.39. The monoisotopic (exact) mass is 386 g/mol. The molecule has 4 rings (SSSR count). The van der Waals surface area contributed by atoms with Crippen molar-refractivity contribution in [2.24, 2.45) is 10.7 Å². The van der Waals surface area contributed by atoms with Gasteiger partial charge in [0, 0.05) is 18.8 Å². The van der Waals surface area contributed by atoms with Gasteiger partial charge in [0.15, 0.2) is 5.66 Å². The van der Waals surface area contributed by atoms with Crippen molar-refractivity contribution >= 4 is 17.8 Å². The molecule has 1 aliphatic heterocycles. The number of nitrogens with two attached hydrogens (primary N) is 1. The van der Waals surface area contributed by atoms with Gasteiger partial charge >= 0.3 is 0 Å². The smallest absolute Gasteiger partial charge is 0.175 e. The highest BCUT2D eigenvalue weighted by Crippen LogP contribution is 2.26. The van der Waals surface area contributed by atoms with Crippen LogP contribution in [0.1, 0.15) is 5.69 Å². The zero-order valence-corrected chi connectivity index (χ0v) is 16.0. The van der Waals surface area contributed by atoms with Crippen molar-refractivity contribution in [3.8, 4) is 11.5 Å². The van der Waals surface area contributed by atoms with E-state index in [0.29, 0.717) is 5.69 Å². The number of benzene rings is 2. The van der Waals surface area contributed by atoms with Crippen LogP contribution < -0.4 is 26.4 Å². The summed E-state index contributed by atoms with van der Waals surface area (Å²) in [6, 6.07) is 23.0. The molecule has 2 heterocycles. The Labute approximate surface area is 169 Å². The van der Waals surface area contributed by atoms with Gasteiger partial charge in [-0.1, -0.05) is 24.3 Å². The minimum Gasteiger partial charge on any atom is -0.457 e. The number of nitrogens with one attached hydrogen (secondary N) is 3. The van der Waals surface area contributed by atoms with Crippen LogP contribution in [-0.2, 0) is 5.66 Å². The number of hydrogen-bond donors (Lipinski definition) is 4. The molecule has 1 unspecified atom stereocenters. The van der Waals surface area contributed by atoms with E-state index >= 15 is 0 Å². The number of aliphatic imine (C=N–C) groups is 1. The molecule has 0 bridgehead atoms.